The first-order chi connectivity index (χ1) is 12.0. The minimum atomic E-state index is -1.14. The van der Waals surface area contributed by atoms with Crippen molar-refractivity contribution in [3.8, 4) is 17.6 Å². The fourth-order valence-corrected chi connectivity index (χ4v) is 3.12. The van der Waals surface area contributed by atoms with E-state index in [1.807, 2.05) is 25.1 Å². The highest BCUT2D eigenvalue weighted by Crippen LogP contribution is 2.28. The molecule has 0 saturated heterocycles. The maximum Gasteiger partial charge on any atom is 0.254 e. The van der Waals surface area contributed by atoms with E-state index in [0.29, 0.717) is 29.3 Å². The number of aliphatic hydroxyl groups excluding tert-OH is 1. The largest absolute Gasteiger partial charge is 0.493 e. The number of methoxy groups -OCH3 is 1. The first-order valence-corrected chi connectivity index (χ1v) is 8.55. The zero-order chi connectivity index (χ0) is 18.2. The van der Waals surface area contributed by atoms with Gasteiger partial charge >= 0.3 is 0 Å². The summed E-state index contributed by atoms with van der Waals surface area (Å²) in [6, 6.07) is 10.9. The molecule has 1 amide bonds. The number of hydrogen-bond donors (Lipinski definition) is 2. The fourth-order valence-electron chi connectivity index (χ4n) is 2.25. The second kappa shape index (κ2) is 9.06. The Kier molecular flexibility index (Phi) is 6.81. The van der Waals surface area contributed by atoms with Gasteiger partial charge in [-0.05, 0) is 43.2 Å². The van der Waals surface area contributed by atoms with Crippen LogP contribution in [0.2, 0.25) is 0 Å². The number of aryl methyl sites for hydroxylation is 1. The van der Waals surface area contributed by atoms with Crippen LogP contribution in [0.3, 0.4) is 0 Å². The van der Waals surface area contributed by atoms with Gasteiger partial charge in [-0.15, -0.1) is 11.3 Å². The van der Waals surface area contributed by atoms with Crippen LogP contribution in [0.15, 0.2) is 30.3 Å². The molecule has 0 bridgehead atoms. The van der Waals surface area contributed by atoms with Crippen LogP contribution in [0, 0.1) is 18.3 Å². The molecule has 6 nitrogen and oxygen atoms in total. The molecule has 0 fully saturated rings. The SMILES string of the molecule is COc1cc(CCNC(=O)C(O)c2ccc(C)s2)ccc1OCC#N. The number of nitriles is 1. The highest BCUT2D eigenvalue weighted by atomic mass is 32.1. The summed E-state index contributed by atoms with van der Waals surface area (Å²) in [5, 5.41) is 21.3. The molecule has 7 heteroatoms. The number of rotatable bonds is 8. The van der Waals surface area contributed by atoms with Crippen LogP contribution in [-0.2, 0) is 11.2 Å². The van der Waals surface area contributed by atoms with Gasteiger partial charge < -0.3 is 19.9 Å². The Bertz CT molecular complexity index is 767. The number of carbonyl (C=O) groups excluding carboxylic acids is 1. The Hall–Kier alpha value is -2.56. The number of ether oxygens (including phenoxy) is 2. The van der Waals surface area contributed by atoms with Crippen molar-refractivity contribution < 1.29 is 19.4 Å². The van der Waals surface area contributed by atoms with Crippen molar-refractivity contribution in [3.63, 3.8) is 0 Å². The lowest BCUT2D eigenvalue weighted by Crippen LogP contribution is -2.30. The van der Waals surface area contributed by atoms with Crippen LogP contribution in [0.1, 0.15) is 21.4 Å². The quantitative estimate of drug-likeness (QED) is 0.754. The zero-order valence-electron chi connectivity index (χ0n) is 14.1. The maximum atomic E-state index is 12.0. The molecule has 0 saturated carbocycles. The van der Waals surface area contributed by atoms with Crippen LogP contribution in [0.5, 0.6) is 11.5 Å². The first-order valence-electron chi connectivity index (χ1n) is 7.74. The van der Waals surface area contributed by atoms with Crippen LogP contribution in [0.4, 0.5) is 0 Å². The Balaban J connectivity index is 1.88. The van der Waals surface area contributed by atoms with E-state index in [2.05, 4.69) is 5.32 Å². The number of benzene rings is 1. The Morgan fingerprint density at radius 1 is 1.36 bits per heavy atom. The van der Waals surface area contributed by atoms with Gasteiger partial charge in [-0.25, -0.2) is 0 Å². The normalized spacial score (nSPS) is 11.4. The highest BCUT2D eigenvalue weighted by Gasteiger charge is 2.18. The number of nitrogens with zero attached hydrogens (tertiary/aromatic N) is 1. The van der Waals surface area contributed by atoms with Crippen LogP contribution < -0.4 is 14.8 Å². The van der Waals surface area contributed by atoms with Crippen molar-refractivity contribution in [3.05, 3.63) is 45.6 Å². The lowest BCUT2D eigenvalue weighted by Gasteiger charge is -2.12. The number of thiophene rings is 1. The van der Waals surface area contributed by atoms with Crippen LogP contribution in [0.25, 0.3) is 0 Å². The van der Waals surface area contributed by atoms with Gasteiger partial charge in [-0.1, -0.05) is 6.07 Å². The van der Waals surface area contributed by atoms with Gasteiger partial charge in [-0.2, -0.15) is 5.26 Å². The van der Waals surface area contributed by atoms with E-state index in [4.69, 9.17) is 14.7 Å². The standard InChI is InChI=1S/C18H20N2O4S/c1-12-3-6-16(25-12)17(21)18(22)20-9-7-13-4-5-14(24-10-8-19)15(11-13)23-2/h3-6,11,17,21H,7,9-10H2,1-2H3,(H,20,22). The van der Waals surface area contributed by atoms with Gasteiger partial charge in [0.1, 0.15) is 6.07 Å². The lowest BCUT2D eigenvalue weighted by atomic mass is 10.1. The third-order valence-electron chi connectivity index (χ3n) is 3.51. The molecule has 1 unspecified atom stereocenters. The van der Waals surface area contributed by atoms with E-state index in [0.717, 1.165) is 10.4 Å². The Morgan fingerprint density at radius 2 is 2.16 bits per heavy atom. The predicted molar refractivity (Wildman–Crippen MR) is 94.8 cm³/mol. The molecule has 0 radical (unpaired) electrons. The van der Waals surface area contributed by atoms with E-state index in [1.54, 1.807) is 18.2 Å². The molecule has 0 aliphatic heterocycles. The molecule has 1 heterocycles. The van der Waals surface area contributed by atoms with Gasteiger partial charge in [-0.3, -0.25) is 4.79 Å². The van der Waals surface area contributed by atoms with Crippen molar-refractivity contribution in [1.29, 1.82) is 5.26 Å². The second-order valence-electron chi connectivity index (χ2n) is 5.32. The molecule has 2 aromatic rings. The molecule has 2 rings (SSSR count). The summed E-state index contributed by atoms with van der Waals surface area (Å²) >= 11 is 1.40. The zero-order valence-corrected chi connectivity index (χ0v) is 14.9. The molecule has 2 N–H and O–H groups in total. The summed E-state index contributed by atoms with van der Waals surface area (Å²) in [7, 11) is 1.53. The summed E-state index contributed by atoms with van der Waals surface area (Å²) in [5.74, 6) is 0.622. The molecule has 1 aromatic heterocycles. The summed E-state index contributed by atoms with van der Waals surface area (Å²) in [6.45, 7) is 2.27. The van der Waals surface area contributed by atoms with Crippen molar-refractivity contribution in [2.24, 2.45) is 0 Å². The fraction of sp³-hybridized carbons (Fsp3) is 0.333. The Labute approximate surface area is 150 Å². The molecular formula is C18H20N2O4S. The molecule has 1 aromatic carbocycles. The average Bonchev–Trinajstić information content (AvgIpc) is 3.05. The van der Waals surface area contributed by atoms with Gasteiger partial charge in [0.25, 0.3) is 5.91 Å². The molecule has 0 spiro atoms. The van der Waals surface area contributed by atoms with Crippen molar-refractivity contribution >= 4 is 17.2 Å². The van der Waals surface area contributed by atoms with E-state index in [-0.39, 0.29) is 6.61 Å². The minimum absolute atomic E-state index is 0.0498. The molecule has 1 atom stereocenters. The smallest absolute Gasteiger partial charge is 0.254 e. The van der Waals surface area contributed by atoms with Crippen molar-refractivity contribution in [2.45, 2.75) is 19.4 Å². The number of nitrogens with one attached hydrogen (secondary N) is 1. The third-order valence-corrected chi connectivity index (χ3v) is 4.57. The van der Waals surface area contributed by atoms with E-state index in [9.17, 15) is 9.90 Å². The molecular weight excluding hydrogens is 340 g/mol. The maximum absolute atomic E-state index is 12.0. The first kappa shape index (κ1) is 18.8. The van der Waals surface area contributed by atoms with Crippen LogP contribution >= 0.6 is 11.3 Å². The lowest BCUT2D eigenvalue weighted by molar-refractivity contribution is -0.129. The summed E-state index contributed by atoms with van der Waals surface area (Å²) in [6.07, 6.45) is -0.563. The minimum Gasteiger partial charge on any atom is -0.493 e. The van der Waals surface area contributed by atoms with Gasteiger partial charge in [0.2, 0.25) is 0 Å². The van der Waals surface area contributed by atoms with E-state index < -0.39 is 12.0 Å². The van der Waals surface area contributed by atoms with Crippen molar-refractivity contribution in [1.82, 2.24) is 5.32 Å². The summed E-state index contributed by atoms with van der Waals surface area (Å²) in [5.41, 5.74) is 0.947. The third kappa shape index (κ3) is 5.21. The topological polar surface area (TPSA) is 91.6 Å². The van der Waals surface area contributed by atoms with Crippen LogP contribution in [-0.4, -0.2) is 31.3 Å². The van der Waals surface area contributed by atoms with Gasteiger partial charge in [0.05, 0.1) is 7.11 Å². The predicted octanol–water partition coefficient (Wildman–Crippen LogP) is 2.36. The molecule has 25 heavy (non-hydrogen) atoms. The monoisotopic (exact) mass is 360 g/mol. The van der Waals surface area contributed by atoms with Crippen molar-refractivity contribution in [2.75, 3.05) is 20.3 Å². The Morgan fingerprint density at radius 3 is 2.80 bits per heavy atom. The van der Waals surface area contributed by atoms with Gasteiger partial charge in [0, 0.05) is 16.3 Å². The molecule has 0 aliphatic carbocycles. The number of aliphatic hydroxyl groups is 1. The van der Waals surface area contributed by atoms with E-state index >= 15 is 0 Å². The molecule has 132 valence electrons. The number of amides is 1. The molecule has 0 aliphatic rings. The number of carbonyl (C=O) groups is 1. The highest BCUT2D eigenvalue weighted by molar-refractivity contribution is 7.12. The summed E-state index contributed by atoms with van der Waals surface area (Å²) < 4.78 is 10.5. The average molecular weight is 360 g/mol. The van der Waals surface area contributed by atoms with Gasteiger partial charge in [0.15, 0.2) is 24.2 Å². The second-order valence-corrected chi connectivity index (χ2v) is 6.64. The number of hydrogen-bond acceptors (Lipinski definition) is 6. The van der Waals surface area contributed by atoms with E-state index in [1.165, 1.54) is 18.4 Å². The summed E-state index contributed by atoms with van der Waals surface area (Å²) in [4.78, 5) is 13.7.